The molecular formula is C19H19FN6. The van der Waals surface area contributed by atoms with Crippen molar-refractivity contribution in [3.63, 3.8) is 0 Å². The first-order valence-corrected chi connectivity index (χ1v) is 8.81. The molecule has 0 amide bonds. The van der Waals surface area contributed by atoms with Crippen molar-refractivity contribution in [3.8, 4) is 6.07 Å². The first-order chi connectivity index (χ1) is 12.7. The van der Waals surface area contributed by atoms with Crippen LogP contribution >= 0.6 is 0 Å². The highest BCUT2D eigenvalue weighted by atomic mass is 19.1. The van der Waals surface area contributed by atoms with Gasteiger partial charge in [-0.3, -0.25) is 4.98 Å². The molecule has 1 aromatic carbocycles. The molecule has 1 N–H and O–H groups in total. The topological polar surface area (TPSA) is 79.4 Å². The Morgan fingerprint density at radius 1 is 1.27 bits per heavy atom. The van der Waals surface area contributed by atoms with Crippen molar-refractivity contribution in [2.75, 3.05) is 5.32 Å². The van der Waals surface area contributed by atoms with Gasteiger partial charge in [0.1, 0.15) is 17.7 Å². The fourth-order valence-corrected chi connectivity index (χ4v) is 3.55. The zero-order valence-electron chi connectivity index (χ0n) is 14.6. The lowest BCUT2D eigenvalue weighted by molar-refractivity contribution is 0.610. The highest BCUT2D eigenvalue weighted by molar-refractivity contribution is 5.95. The summed E-state index contributed by atoms with van der Waals surface area (Å²) in [6.45, 7) is 3.15. The van der Waals surface area contributed by atoms with Crippen molar-refractivity contribution in [1.82, 2.24) is 19.7 Å². The average molecular weight is 350 g/mol. The number of aromatic nitrogens is 4. The Morgan fingerprint density at radius 3 is 3.00 bits per heavy atom. The third-order valence-corrected chi connectivity index (χ3v) is 4.86. The van der Waals surface area contributed by atoms with Crippen LogP contribution in [0.5, 0.6) is 0 Å². The summed E-state index contributed by atoms with van der Waals surface area (Å²) in [5.41, 5.74) is 2.40. The molecule has 132 valence electrons. The minimum Gasteiger partial charge on any atom is -0.376 e. The molecule has 26 heavy (non-hydrogen) atoms. The van der Waals surface area contributed by atoms with Crippen LogP contribution in [0.4, 0.5) is 10.1 Å². The Balaban J connectivity index is 1.71. The number of rotatable bonds is 3. The summed E-state index contributed by atoms with van der Waals surface area (Å²) >= 11 is 0. The zero-order chi connectivity index (χ0) is 18.1. The third kappa shape index (κ3) is 2.88. The van der Waals surface area contributed by atoms with Gasteiger partial charge in [0.15, 0.2) is 5.82 Å². The van der Waals surface area contributed by atoms with Crippen LogP contribution in [0.2, 0.25) is 0 Å². The summed E-state index contributed by atoms with van der Waals surface area (Å²) in [6.07, 6.45) is 5.92. The number of fused-ring (bicyclic) bond motifs is 2. The van der Waals surface area contributed by atoms with Crippen LogP contribution < -0.4 is 5.32 Å². The van der Waals surface area contributed by atoms with Crippen LogP contribution in [0.3, 0.4) is 0 Å². The second kappa shape index (κ2) is 6.71. The predicted molar refractivity (Wildman–Crippen MR) is 96.1 cm³/mol. The fraction of sp³-hybridized carbons (Fsp3) is 0.368. The molecule has 0 bridgehead atoms. The van der Waals surface area contributed by atoms with Crippen LogP contribution in [0.1, 0.15) is 42.0 Å². The van der Waals surface area contributed by atoms with E-state index in [1.165, 1.54) is 24.8 Å². The number of hydrogen-bond acceptors (Lipinski definition) is 5. The van der Waals surface area contributed by atoms with Crippen molar-refractivity contribution >= 4 is 16.6 Å². The second-order valence-electron chi connectivity index (χ2n) is 6.63. The van der Waals surface area contributed by atoms with Crippen molar-refractivity contribution < 1.29 is 4.39 Å². The molecule has 0 fully saturated rings. The number of benzene rings is 1. The van der Waals surface area contributed by atoms with E-state index in [2.05, 4.69) is 31.1 Å². The zero-order valence-corrected chi connectivity index (χ0v) is 14.6. The summed E-state index contributed by atoms with van der Waals surface area (Å²) in [5.74, 6) is 1.51. The lowest BCUT2D eigenvalue weighted by Gasteiger charge is -2.13. The second-order valence-corrected chi connectivity index (χ2v) is 6.63. The van der Waals surface area contributed by atoms with Crippen molar-refractivity contribution in [1.29, 1.82) is 5.26 Å². The van der Waals surface area contributed by atoms with Gasteiger partial charge in [0.2, 0.25) is 0 Å². The first kappa shape index (κ1) is 16.5. The highest BCUT2D eigenvalue weighted by Gasteiger charge is 2.16. The molecule has 0 saturated carbocycles. The Kier molecular flexibility index (Phi) is 4.25. The average Bonchev–Trinajstić information content (AvgIpc) is 2.85. The van der Waals surface area contributed by atoms with E-state index in [0.29, 0.717) is 28.7 Å². The third-order valence-electron chi connectivity index (χ3n) is 4.86. The number of halogens is 1. The molecule has 6 nitrogen and oxygen atoms in total. The van der Waals surface area contributed by atoms with Crippen LogP contribution in [0.15, 0.2) is 18.3 Å². The van der Waals surface area contributed by atoms with E-state index < -0.39 is 0 Å². The van der Waals surface area contributed by atoms with Crippen LogP contribution in [-0.2, 0) is 19.5 Å². The summed E-state index contributed by atoms with van der Waals surface area (Å²) in [5, 5.41) is 21.9. The Bertz CT molecular complexity index is 1020. The number of nitrogens with one attached hydrogen (secondary N) is 1. The molecule has 1 aliphatic rings. The van der Waals surface area contributed by atoms with E-state index in [1.807, 2.05) is 6.92 Å². The van der Waals surface area contributed by atoms with Gasteiger partial charge in [0, 0.05) is 24.5 Å². The van der Waals surface area contributed by atoms with E-state index in [1.54, 1.807) is 0 Å². The van der Waals surface area contributed by atoms with E-state index in [9.17, 15) is 9.65 Å². The van der Waals surface area contributed by atoms with E-state index in [0.717, 1.165) is 43.0 Å². The van der Waals surface area contributed by atoms with E-state index >= 15 is 0 Å². The molecule has 3 heterocycles. The van der Waals surface area contributed by atoms with Crippen molar-refractivity contribution in [2.24, 2.45) is 0 Å². The van der Waals surface area contributed by atoms with Gasteiger partial charge in [0.05, 0.1) is 23.3 Å². The molecule has 0 saturated heterocycles. The molecule has 3 aromatic rings. The van der Waals surface area contributed by atoms with E-state index in [-0.39, 0.29) is 5.82 Å². The van der Waals surface area contributed by atoms with Gasteiger partial charge >= 0.3 is 0 Å². The number of nitrogens with zero attached hydrogens (tertiary/aromatic N) is 5. The van der Waals surface area contributed by atoms with Gasteiger partial charge in [-0.2, -0.15) is 5.26 Å². The number of aryl methyl sites for hydroxylation is 2. The SMILES string of the molecule is Cc1cc(F)cc2c(NCc3nnc4n3CCCCC4)c(C#N)cnc12. The van der Waals surface area contributed by atoms with Crippen LogP contribution in [-0.4, -0.2) is 19.7 Å². The molecule has 2 aromatic heterocycles. The molecule has 7 heteroatoms. The molecule has 4 rings (SSSR count). The largest absolute Gasteiger partial charge is 0.376 e. The van der Waals surface area contributed by atoms with Crippen molar-refractivity contribution in [2.45, 2.75) is 45.7 Å². The monoisotopic (exact) mass is 350 g/mol. The summed E-state index contributed by atoms with van der Waals surface area (Å²) in [7, 11) is 0. The van der Waals surface area contributed by atoms with Crippen LogP contribution in [0.25, 0.3) is 10.9 Å². The maximum Gasteiger partial charge on any atom is 0.152 e. The Labute approximate surface area is 150 Å². The maximum atomic E-state index is 13.9. The predicted octanol–water partition coefficient (Wildman–Crippen LogP) is 3.48. The highest BCUT2D eigenvalue weighted by Crippen LogP contribution is 2.29. The van der Waals surface area contributed by atoms with Gasteiger partial charge in [-0.15, -0.1) is 10.2 Å². The number of hydrogen-bond donors (Lipinski definition) is 1. The molecule has 0 spiro atoms. The van der Waals surface area contributed by atoms with Gasteiger partial charge in [-0.05, 0) is 37.5 Å². The van der Waals surface area contributed by atoms with Crippen molar-refractivity contribution in [3.05, 3.63) is 46.9 Å². The first-order valence-electron chi connectivity index (χ1n) is 8.81. The summed E-state index contributed by atoms with van der Waals surface area (Å²) in [6, 6.07) is 5.01. The number of pyridine rings is 1. The summed E-state index contributed by atoms with van der Waals surface area (Å²) < 4.78 is 16.1. The van der Waals surface area contributed by atoms with E-state index in [4.69, 9.17) is 0 Å². The molecule has 0 aliphatic carbocycles. The minimum absolute atomic E-state index is 0.341. The molecule has 1 aliphatic heterocycles. The maximum absolute atomic E-state index is 13.9. The van der Waals surface area contributed by atoms with Gasteiger partial charge in [0.25, 0.3) is 0 Å². The molecule has 0 atom stereocenters. The normalized spacial score (nSPS) is 13.9. The van der Waals surface area contributed by atoms with Gasteiger partial charge in [-0.25, -0.2) is 4.39 Å². The Morgan fingerprint density at radius 2 is 2.15 bits per heavy atom. The van der Waals surface area contributed by atoms with Gasteiger partial charge < -0.3 is 9.88 Å². The Hall–Kier alpha value is -3.01. The minimum atomic E-state index is -0.341. The summed E-state index contributed by atoms with van der Waals surface area (Å²) in [4.78, 5) is 4.32. The lowest BCUT2D eigenvalue weighted by Crippen LogP contribution is -2.11. The lowest BCUT2D eigenvalue weighted by atomic mass is 10.1. The van der Waals surface area contributed by atoms with Crippen LogP contribution in [0, 0.1) is 24.1 Å². The standard InChI is InChI=1S/C19H19FN6/c1-12-7-14(20)8-15-18(12)22-10-13(9-21)19(15)23-11-17-25-24-16-5-3-2-4-6-26(16)17/h7-8,10H,2-6,11H2,1H3,(H,22,23). The number of nitriles is 1. The van der Waals surface area contributed by atoms with Gasteiger partial charge in [-0.1, -0.05) is 6.42 Å². The smallest absolute Gasteiger partial charge is 0.152 e. The number of anilines is 1. The quantitative estimate of drug-likeness (QED) is 0.782. The molecular weight excluding hydrogens is 331 g/mol. The molecule has 0 radical (unpaired) electrons. The fourth-order valence-electron chi connectivity index (χ4n) is 3.55. The molecule has 0 unspecified atom stereocenters.